The van der Waals surface area contributed by atoms with E-state index in [1.54, 1.807) is 12.1 Å². The molecule has 2 heterocycles. The summed E-state index contributed by atoms with van der Waals surface area (Å²) < 4.78 is 11.5. The van der Waals surface area contributed by atoms with Crippen molar-refractivity contribution in [2.75, 3.05) is 0 Å². The molecule has 0 saturated carbocycles. The van der Waals surface area contributed by atoms with Gasteiger partial charge in [0.05, 0.1) is 17.0 Å². The SMILES string of the molecule is CCCCC1(CCCC)Oc2ccc3c(O)cc(=O)oc3c2[C@@H](O)[C@H]1O. The summed E-state index contributed by atoms with van der Waals surface area (Å²) in [4.78, 5) is 11.7. The lowest BCUT2D eigenvalue weighted by atomic mass is 9.78. The van der Waals surface area contributed by atoms with Crippen molar-refractivity contribution in [1.82, 2.24) is 0 Å². The van der Waals surface area contributed by atoms with Crippen LogP contribution in [-0.4, -0.2) is 27.0 Å². The van der Waals surface area contributed by atoms with Gasteiger partial charge >= 0.3 is 5.63 Å². The van der Waals surface area contributed by atoms with E-state index < -0.39 is 23.4 Å². The van der Waals surface area contributed by atoms with E-state index >= 15 is 0 Å². The number of hydrogen-bond acceptors (Lipinski definition) is 6. The Hall–Kier alpha value is -2.05. The van der Waals surface area contributed by atoms with Crippen LogP contribution in [0.1, 0.15) is 64.0 Å². The molecule has 6 nitrogen and oxygen atoms in total. The Morgan fingerprint density at radius 2 is 1.77 bits per heavy atom. The van der Waals surface area contributed by atoms with Crippen molar-refractivity contribution in [3.63, 3.8) is 0 Å². The molecular formula is C20H26O6. The summed E-state index contributed by atoms with van der Waals surface area (Å²) in [6.07, 6.45) is 2.48. The first-order chi connectivity index (χ1) is 12.4. The van der Waals surface area contributed by atoms with Crippen molar-refractivity contribution in [1.29, 1.82) is 0 Å². The van der Waals surface area contributed by atoms with E-state index in [0.29, 0.717) is 24.0 Å². The zero-order valence-corrected chi connectivity index (χ0v) is 15.2. The minimum absolute atomic E-state index is 0.0543. The molecule has 2 atom stereocenters. The fourth-order valence-corrected chi connectivity index (χ4v) is 3.78. The number of ether oxygens (including phenoxy) is 1. The normalized spacial score (nSPS) is 21.4. The number of aliphatic hydroxyl groups is 2. The second-order valence-electron chi connectivity index (χ2n) is 7.07. The van der Waals surface area contributed by atoms with Crippen molar-refractivity contribution in [2.24, 2.45) is 0 Å². The van der Waals surface area contributed by atoms with Gasteiger partial charge in [0.25, 0.3) is 0 Å². The van der Waals surface area contributed by atoms with E-state index in [2.05, 4.69) is 13.8 Å². The summed E-state index contributed by atoms with van der Waals surface area (Å²) in [5.41, 5.74) is -1.33. The van der Waals surface area contributed by atoms with Crippen LogP contribution in [0.3, 0.4) is 0 Å². The summed E-state index contributed by atoms with van der Waals surface area (Å²) in [7, 11) is 0. The lowest BCUT2D eigenvalue weighted by Crippen LogP contribution is -2.53. The van der Waals surface area contributed by atoms with Crippen molar-refractivity contribution in [3.05, 3.63) is 34.2 Å². The average molecular weight is 362 g/mol. The maximum atomic E-state index is 11.7. The first-order valence-corrected chi connectivity index (χ1v) is 9.28. The van der Waals surface area contributed by atoms with E-state index in [1.165, 1.54) is 0 Å². The first-order valence-electron chi connectivity index (χ1n) is 9.28. The maximum absolute atomic E-state index is 11.7. The number of aromatic hydroxyl groups is 1. The van der Waals surface area contributed by atoms with Crippen molar-refractivity contribution in [2.45, 2.75) is 70.2 Å². The number of aliphatic hydroxyl groups excluding tert-OH is 2. The van der Waals surface area contributed by atoms with Crippen LogP contribution in [0.4, 0.5) is 0 Å². The minimum Gasteiger partial charge on any atom is -0.507 e. The number of rotatable bonds is 6. The Morgan fingerprint density at radius 1 is 1.12 bits per heavy atom. The fraction of sp³-hybridized carbons (Fsp3) is 0.550. The summed E-state index contributed by atoms with van der Waals surface area (Å²) in [5.74, 6) is 0.158. The highest BCUT2D eigenvalue weighted by molar-refractivity contribution is 5.87. The third-order valence-electron chi connectivity index (χ3n) is 5.24. The molecule has 142 valence electrons. The molecule has 3 rings (SSSR count). The average Bonchev–Trinajstić information content (AvgIpc) is 2.61. The van der Waals surface area contributed by atoms with E-state index in [-0.39, 0.29) is 16.9 Å². The molecule has 26 heavy (non-hydrogen) atoms. The first kappa shape index (κ1) is 18.7. The fourth-order valence-electron chi connectivity index (χ4n) is 3.78. The standard InChI is InChI=1S/C20H26O6/c1-3-5-9-20(10-6-4-2)19(24)17(23)16-14(26-20)8-7-12-13(21)11-15(22)25-18(12)16/h7-8,11,17,19,21,23-24H,3-6,9-10H2,1-2H3/t17-,19-/m1/s1. The summed E-state index contributed by atoms with van der Waals surface area (Å²) >= 11 is 0. The quantitative estimate of drug-likeness (QED) is 0.681. The third-order valence-corrected chi connectivity index (χ3v) is 5.24. The highest BCUT2D eigenvalue weighted by Gasteiger charge is 2.49. The Labute approximate surface area is 152 Å². The highest BCUT2D eigenvalue weighted by atomic mass is 16.5. The van der Waals surface area contributed by atoms with Crippen LogP contribution in [0.2, 0.25) is 0 Å². The molecule has 0 aliphatic carbocycles. The number of benzene rings is 1. The van der Waals surface area contributed by atoms with E-state index in [9.17, 15) is 20.1 Å². The molecule has 0 radical (unpaired) electrons. The Morgan fingerprint density at radius 3 is 2.38 bits per heavy atom. The van der Waals surface area contributed by atoms with Crippen LogP contribution in [0.15, 0.2) is 27.4 Å². The number of fused-ring (bicyclic) bond motifs is 3. The van der Waals surface area contributed by atoms with Crippen LogP contribution >= 0.6 is 0 Å². The van der Waals surface area contributed by atoms with Crippen LogP contribution < -0.4 is 10.4 Å². The molecule has 0 amide bonds. The Balaban J connectivity index is 2.14. The summed E-state index contributed by atoms with van der Waals surface area (Å²) in [6, 6.07) is 4.23. The van der Waals surface area contributed by atoms with Gasteiger partial charge in [-0.2, -0.15) is 0 Å². The molecule has 1 aliphatic heterocycles. The predicted molar refractivity (Wildman–Crippen MR) is 97.5 cm³/mol. The molecule has 6 heteroatoms. The largest absolute Gasteiger partial charge is 0.507 e. The Kier molecular flexibility index (Phi) is 5.25. The van der Waals surface area contributed by atoms with Gasteiger partial charge in [-0.25, -0.2) is 4.79 Å². The lowest BCUT2D eigenvalue weighted by molar-refractivity contribution is -0.137. The molecule has 1 aromatic heterocycles. The zero-order chi connectivity index (χ0) is 18.9. The molecule has 0 saturated heterocycles. The van der Waals surface area contributed by atoms with Crippen LogP contribution in [0, 0.1) is 0 Å². The topological polar surface area (TPSA) is 100 Å². The second-order valence-corrected chi connectivity index (χ2v) is 7.07. The van der Waals surface area contributed by atoms with Gasteiger partial charge in [0, 0.05) is 0 Å². The zero-order valence-electron chi connectivity index (χ0n) is 15.2. The van der Waals surface area contributed by atoms with Gasteiger partial charge in [0.1, 0.15) is 29.3 Å². The van der Waals surface area contributed by atoms with E-state index in [0.717, 1.165) is 31.7 Å². The van der Waals surface area contributed by atoms with Crippen molar-refractivity contribution < 1.29 is 24.5 Å². The monoisotopic (exact) mass is 362 g/mol. The van der Waals surface area contributed by atoms with Gasteiger partial charge in [-0.05, 0) is 37.8 Å². The van der Waals surface area contributed by atoms with Gasteiger partial charge in [-0.3, -0.25) is 0 Å². The Bertz CT molecular complexity index is 832. The second kappa shape index (κ2) is 7.29. The van der Waals surface area contributed by atoms with Crippen LogP contribution in [0.25, 0.3) is 11.0 Å². The van der Waals surface area contributed by atoms with Gasteiger partial charge in [0.15, 0.2) is 5.58 Å². The molecule has 1 aromatic carbocycles. The maximum Gasteiger partial charge on any atom is 0.339 e. The van der Waals surface area contributed by atoms with E-state index in [4.69, 9.17) is 9.15 Å². The van der Waals surface area contributed by atoms with Crippen LogP contribution in [-0.2, 0) is 0 Å². The van der Waals surface area contributed by atoms with Crippen molar-refractivity contribution in [3.8, 4) is 11.5 Å². The molecule has 1 aliphatic rings. The smallest absolute Gasteiger partial charge is 0.339 e. The minimum atomic E-state index is -1.26. The molecular weight excluding hydrogens is 336 g/mol. The molecule has 0 bridgehead atoms. The van der Waals surface area contributed by atoms with Gasteiger partial charge in [0.2, 0.25) is 0 Å². The van der Waals surface area contributed by atoms with Gasteiger partial charge in [-0.1, -0.05) is 26.7 Å². The highest BCUT2D eigenvalue weighted by Crippen LogP contribution is 2.47. The van der Waals surface area contributed by atoms with Crippen molar-refractivity contribution >= 4 is 11.0 Å². The van der Waals surface area contributed by atoms with Gasteiger partial charge < -0.3 is 24.5 Å². The molecule has 0 fully saturated rings. The predicted octanol–water partition coefficient (Wildman–Crippen LogP) is 3.40. The summed E-state index contributed by atoms with van der Waals surface area (Å²) in [5, 5.41) is 32.1. The summed E-state index contributed by atoms with van der Waals surface area (Å²) in [6.45, 7) is 4.14. The molecule has 2 aromatic rings. The molecule has 3 N–H and O–H groups in total. The van der Waals surface area contributed by atoms with Crippen LogP contribution in [0.5, 0.6) is 11.5 Å². The number of hydrogen-bond donors (Lipinski definition) is 3. The number of unbranched alkanes of at least 4 members (excludes halogenated alkanes) is 2. The van der Waals surface area contributed by atoms with Gasteiger partial charge in [-0.15, -0.1) is 0 Å². The van der Waals surface area contributed by atoms with E-state index in [1.807, 2.05) is 0 Å². The lowest BCUT2D eigenvalue weighted by Gasteiger charge is -2.45. The molecule has 0 spiro atoms. The third kappa shape index (κ3) is 3.08. The molecule has 0 unspecified atom stereocenters.